The third-order valence-corrected chi connectivity index (χ3v) is 16.2. The lowest BCUT2D eigenvalue weighted by atomic mass is 9.32. The van der Waals surface area contributed by atoms with E-state index in [1.165, 1.54) is 137 Å². The number of para-hydroxylation sites is 2. The van der Waals surface area contributed by atoms with Crippen molar-refractivity contribution in [3.05, 3.63) is 223 Å². The molecule has 314 valence electrons. The highest BCUT2D eigenvalue weighted by Gasteiger charge is 2.46. The fourth-order valence-corrected chi connectivity index (χ4v) is 13.4. The summed E-state index contributed by atoms with van der Waals surface area (Å²) in [6, 6.07) is 81.0. The van der Waals surface area contributed by atoms with Crippen molar-refractivity contribution in [2.24, 2.45) is 0 Å². The van der Waals surface area contributed by atoms with Crippen LogP contribution in [0.5, 0.6) is 0 Å². The second-order valence-corrected chi connectivity index (χ2v) is 20.0. The first-order valence-corrected chi connectivity index (χ1v) is 24.0. The van der Waals surface area contributed by atoms with Gasteiger partial charge in [-0.1, -0.05) is 172 Å². The van der Waals surface area contributed by atoms with Crippen molar-refractivity contribution in [1.82, 2.24) is 0 Å². The maximum atomic E-state index is 2.60. The van der Waals surface area contributed by atoms with Gasteiger partial charge in [-0.15, -0.1) is 0 Å². The largest absolute Gasteiger partial charge is 0.311 e. The fraction of sp³-hybridized carbons (Fsp3) is 0.0462. The summed E-state index contributed by atoms with van der Waals surface area (Å²) in [6.07, 6.45) is 0. The van der Waals surface area contributed by atoms with E-state index in [1.54, 1.807) is 0 Å². The van der Waals surface area contributed by atoms with Crippen molar-refractivity contribution >= 4 is 122 Å². The van der Waals surface area contributed by atoms with Crippen molar-refractivity contribution < 1.29 is 0 Å². The Labute approximate surface area is 394 Å². The maximum absolute atomic E-state index is 2.60. The molecule has 0 spiro atoms. The van der Waals surface area contributed by atoms with E-state index in [1.807, 2.05) is 0 Å². The summed E-state index contributed by atoms with van der Waals surface area (Å²) in [4.78, 5) is 5.19. The van der Waals surface area contributed by atoms with E-state index in [-0.39, 0.29) is 12.1 Å². The van der Waals surface area contributed by atoms with E-state index >= 15 is 0 Å². The topological polar surface area (TPSA) is 6.48 Å². The Bertz CT molecular complexity index is 4050. The van der Waals surface area contributed by atoms with Crippen molar-refractivity contribution in [2.45, 2.75) is 19.3 Å². The van der Waals surface area contributed by atoms with Crippen LogP contribution >= 0.6 is 0 Å². The van der Waals surface area contributed by atoms with Crippen LogP contribution in [0.1, 0.15) is 25.0 Å². The van der Waals surface area contributed by atoms with Crippen LogP contribution in [0.3, 0.4) is 0 Å². The summed E-state index contributed by atoms with van der Waals surface area (Å²) in [7, 11) is 0. The minimum absolute atomic E-state index is 0.0750. The van der Waals surface area contributed by atoms with E-state index in [2.05, 4.69) is 236 Å². The Kier molecular flexibility index (Phi) is 7.00. The van der Waals surface area contributed by atoms with Crippen molar-refractivity contribution in [3.63, 3.8) is 0 Å². The smallest absolute Gasteiger partial charge is 0.253 e. The van der Waals surface area contributed by atoms with Crippen molar-refractivity contribution in [1.29, 1.82) is 0 Å². The molecule has 0 unspecified atom stereocenters. The molecule has 2 heterocycles. The van der Waals surface area contributed by atoms with Crippen LogP contribution in [0.2, 0.25) is 0 Å². The number of fused-ring (bicyclic) bond motifs is 9. The quantitative estimate of drug-likeness (QED) is 0.129. The summed E-state index contributed by atoms with van der Waals surface area (Å²) in [5.41, 5.74) is 19.0. The van der Waals surface area contributed by atoms with Crippen LogP contribution < -0.4 is 26.2 Å². The first kappa shape index (κ1) is 36.8. The molecule has 0 amide bonds. The summed E-state index contributed by atoms with van der Waals surface area (Å²) in [5.74, 6) is 0. The molecular weight excluding hydrogens is 820 g/mol. The van der Waals surface area contributed by atoms with E-state index in [9.17, 15) is 0 Å². The summed E-state index contributed by atoms with van der Waals surface area (Å²) >= 11 is 0. The molecule has 0 bridgehead atoms. The fourth-order valence-electron chi connectivity index (χ4n) is 13.4. The molecule has 3 heteroatoms. The Balaban J connectivity index is 1.09. The van der Waals surface area contributed by atoms with E-state index in [0.717, 1.165) is 11.4 Å². The summed E-state index contributed by atoms with van der Waals surface area (Å²) < 4.78 is 0. The third-order valence-electron chi connectivity index (χ3n) is 16.2. The van der Waals surface area contributed by atoms with Gasteiger partial charge in [-0.25, -0.2) is 0 Å². The van der Waals surface area contributed by atoms with Crippen LogP contribution in [0.15, 0.2) is 212 Å². The van der Waals surface area contributed by atoms with Gasteiger partial charge in [0.15, 0.2) is 0 Å². The lowest BCUT2D eigenvalue weighted by Gasteiger charge is -2.45. The molecule has 2 nitrogen and oxygen atoms in total. The average Bonchev–Trinajstić information content (AvgIpc) is 3.62. The zero-order chi connectivity index (χ0) is 44.6. The molecule has 0 radical (unpaired) electrons. The molecule has 13 aromatic rings. The molecule has 13 aromatic carbocycles. The van der Waals surface area contributed by atoms with Crippen molar-refractivity contribution in [2.75, 3.05) is 9.80 Å². The monoisotopic (exact) mass is 860 g/mol. The maximum Gasteiger partial charge on any atom is 0.253 e. The Morgan fingerprint density at radius 1 is 0.324 bits per heavy atom. The van der Waals surface area contributed by atoms with Gasteiger partial charge in [-0.2, -0.15) is 0 Å². The molecule has 0 saturated heterocycles. The summed E-state index contributed by atoms with van der Waals surface area (Å²) in [5, 5.41) is 15.7. The van der Waals surface area contributed by atoms with Crippen LogP contribution in [-0.2, 0) is 5.41 Å². The highest BCUT2D eigenvalue weighted by atomic mass is 15.2. The van der Waals surface area contributed by atoms with Gasteiger partial charge < -0.3 is 9.80 Å². The highest BCUT2D eigenvalue weighted by molar-refractivity contribution is 7.03. The Morgan fingerprint density at radius 2 is 0.779 bits per heavy atom. The SMILES string of the molecule is CC1(C)c2ccccc2-c2cc(-c3cc4c5c(c3)N(c3ccccc3)c3cc6ccc7cccc8ccc(c3B5c3c(cc5ccc9cccc%10ccc3c5c9%10)N4c3ccccc3)c6c78)ccc21. The molecule has 68 heavy (non-hydrogen) atoms. The Hall–Kier alpha value is -8.40. The molecule has 16 rings (SSSR count). The molecule has 0 fully saturated rings. The first-order chi connectivity index (χ1) is 33.5. The average molecular weight is 861 g/mol. The lowest BCUT2D eigenvalue weighted by molar-refractivity contribution is 0.660. The molecule has 0 aromatic heterocycles. The predicted molar refractivity (Wildman–Crippen MR) is 291 cm³/mol. The number of rotatable bonds is 3. The van der Waals surface area contributed by atoms with Crippen LogP contribution in [0.4, 0.5) is 34.1 Å². The Morgan fingerprint density at radius 3 is 1.32 bits per heavy atom. The molecule has 0 N–H and O–H groups in total. The van der Waals surface area contributed by atoms with Gasteiger partial charge in [-0.3, -0.25) is 0 Å². The van der Waals surface area contributed by atoms with E-state index < -0.39 is 0 Å². The van der Waals surface area contributed by atoms with Crippen LogP contribution in [0.25, 0.3) is 86.9 Å². The molecule has 0 atom stereocenters. The second kappa shape index (κ2) is 12.9. The molecule has 1 aliphatic carbocycles. The third kappa shape index (κ3) is 4.63. The van der Waals surface area contributed by atoms with Gasteiger partial charge in [0.05, 0.1) is 0 Å². The molecule has 3 aliphatic rings. The van der Waals surface area contributed by atoms with Gasteiger partial charge >= 0.3 is 0 Å². The van der Waals surface area contributed by atoms with Gasteiger partial charge in [0.2, 0.25) is 0 Å². The minimum atomic E-state index is -0.0826. The van der Waals surface area contributed by atoms with Crippen LogP contribution in [-0.4, -0.2) is 6.71 Å². The van der Waals surface area contributed by atoms with Crippen LogP contribution in [0, 0.1) is 0 Å². The van der Waals surface area contributed by atoms with Gasteiger partial charge in [0.25, 0.3) is 6.71 Å². The van der Waals surface area contributed by atoms with Gasteiger partial charge in [-0.05, 0) is 169 Å². The molecular formula is C65H41BN2. The zero-order valence-electron chi connectivity index (χ0n) is 37.7. The highest BCUT2D eigenvalue weighted by Crippen LogP contribution is 2.53. The zero-order valence-corrected chi connectivity index (χ0v) is 37.7. The minimum Gasteiger partial charge on any atom is -0.311 e. The number of nitrogens with zero attached hydrogens (tertiary/aromatic N) is 2. The second-order valence-electron chi connectivity index (χ2n) is 20.0. The number of anilines is 6. The van der Waals surface area contributed by atoms with E-state index in [4.69, 9.17) is 0 Å². The van der Waals surface area contributed by atoms with Crippen molar-refractivity contribution in [3.8, 4) is 22.3 Å². The summed E-state index contributed by atoms with van der Waals surface area (Å²) in [6.45, 7) is 4.66. The van der Waals surface area contributed by atoms with Gasteiger partial charge in [0, 0.05) is 39.5 Å². The predicted octanol–water partition coefficient (Wildman–Crippen LogP) is 15.5. The first-order valence-electron chi connectivity index (χ1n) is 24.0. The van der Waals surface area contributed by atoms with E-state index in [0.29, 0.717) is 0 Å². The molecule has 2 aliphatic heterocycles. The lowest BCUT2D eigenvalue weighted by Crippen LogP contribution is -2.61. The normalized spacial score (nSPS) is 14.4. The van der Waals surface area contributed by atoms with Gasteiger partial charge in [0.1, 0.15) is 0 Å². The number of hydrogen-bond donors (Lipinski definition) is 0. The number of benzene rings is 13. The number of hydrogen-bond acceptors (Lipinski definition) is 2. The molecule has 0 saturated carbocycles. The standard InChI is InChI=1S/C65H41BN2/c1-65(2)52-22-10-9-21-48(52)51-33-42(29-32-53(51)65)45-36-56-64-57(37-45)68(47-19-7-4-8-20-47)55-35-44-26-24-39-14-12-16-41-28-31-50(61(44)59(39)41)63(55)66(64)62-49-30-27-40-15-11-13-38-23-25-43(60(49)58(38)40)34-54(62)67(56)46-17-5-3-6-18-46/h3-37H,1-2H3.